The van der Waals surface area contributed by atoms with E-state index in [1.165, 1.54) is 4.90 Å². The molecule has 40 heteroatoms. The van der Waals surface area contributed by atoms with Gasteiger partial charge in [0, 0.05) is 38.5 Å². The summed E-state index contributed by atoms with van der Waals surface area (Å²) in [5, 5.41) is 102. The molecule has 0 spiro atoms. The van der Waals surface area contributed by atoms with Crippen LogP contribution >= 0.6 is 12.6 Å². The molecule has 2 rings (SSSR count). The van der Waals surface area contributed by atoms with E-state index in [9.17, 15) is 78.0 Å². The van der Waals surface area contributed by atoms with E-state index in [0.29, 0.717) is 6.42 Å². The van der Waals surface area contributed by atoms with Gasteiger partial charge in [0.2, 0.25) is 59.1 Å². The highest BCUT2D eigenvalue weighted by atomic mass is 32.1. The van der Waals surface area contributed by atoms with Crippen LogP contribution in [0.5, 0.6) is 0 Å². The smallest absolute Gasteiger partial charge is 0.326 e. The van der Waals surface area contributed by atoms with E-state index in [4.69, 9.17) is 50.3 Å². The number of nitrogens with zero attached hydrogens (tertiary/aromatic N) is 1. The number of aliphatic hydroxyl groups excluding tert-OH is 2. The number of rotatable bonds is 45. The maximum atomic E-state index is 14.3. The Morgan fingerprint density at radius 1 is 0.515 bits per heavy atom. The third-order valence-electron chi connectivity index (χ3n) is 14.7. The third-order valence-corrected chi connectivity index (χ3v) is 15.1. The SMILES string of the molecule is CC(C)C[C@H](NC(=O)[C@H](CCCNC(=N)N)NC(=O)[C@H](CC(=O)O)NC(=O)[C@H](CO)NC(=O)[C@H](CO)NC(=O)[C@H](CCCNC(=N)N)NC(=O)[C@H](CS)NC(=O)[C@H](CCCNC(=N)N)NC(=O)[C@@H](N)Cc1ccccc1)C(=O)N1CCC[C@H]1C(=O)N[C@@H](CCCNC(=N)N)C(=O)O. The summed E-state index contributed by atoms with van der Waals surface area (Å²) < 4.78 is 0. The van der Waals surface area contributed by atoms with E-state index in [1.807, 2.05) is 0 Å². The number of nitrogens with two attached hydrogens (primary N) is 5. The van der Waals surface area contributed by atoms with E-state index < -0.39 is 169 Å². The number of carbonyl (C=O) groups is 12. The van der Waals surface area contributed by atoms with E-state index in [2.05, 4.69) is 81.7 Å². The molecule has 97 heavy (non-hydrogen) atoms. The summed E-state index contributed by atoms with van der Waals surface area (Å²) in [6.07, 6.45) is -0.836. The number of benzene rings is 1. The first-order valence-corrected chi connectivity index (χ1v) is 31.9. The van der Waals surface area contributed by atoms with E-state index >= 15 is 0 Å². The Balaban J connectivity index is 2.36. The van der Waals surface area contributed by atoms with Crippen molar-refractivity contribution in [2.45, 2.75) is 164 Å². The fourth-order valence-corrected chi connectivity index (χ4v) is 10.0. The second-order valence-corrected chi connectivity index (χ2v) is 23.4. The lowest BCUT2D eigenvalue weighted by molar-refractivity contribution is -0.145. The lowest BCUT2D eigenvalue weighted by Crippen LogP contribution is -2.62. The zero-order valence-electron chi connectivity index (χ0n) is 54.1. The fraction of sp³-hybridized carbons (Fsp3) is 0.614. The standard InChI is InChI=1S/C57H97N23O16S/c1-29(2)23-37(52(94)80-22-10-17-41(80)51(93)74-35(53(95)96)16-9-21-70-57(65)66)76-44(86)33(14-7-19-68-55(61)62)72-47(89)36(25-42(83)84)75-48(90)38(26-81)78-49(91)39(27-82)77-45(87)34(15-8-20-69-56(63)64)73-50(92)40(28-97)79-46(88)32(13-6-18-67-54(59)60)71-43(85)31(58)24-30-11-4-3-5-12-30/h3-5,11-12,29,31-41,81-82,97H,6-10,13-28,58H2,1-2H3,(H,71,85)(H,72,89)(H,73,92)(H,74,93)(H,75,90)(H,76,86)(H,77,87)(H,78,91)(H,79,88)(H,83,84)(H,95,96)(H4,59,60,67)(H4,61,62,68)(H4,63,64,69)(H4,65,66,70)/t31-,32-,33-,34-,35-,36-,37-,38-,39-,40-,41-/m0/s1. The predicted octanol–water partition coefficient (Wildman–Crippen LogP) is -8.52. The normalized spacial score (nSPS) is 15.6. The first-order chi connectivity index (χ1) is 45.8. The van der Waals surface area contributed by atoms with Crippen LogP contribution in [0.2, 0.25) is 0 Å². The predicted molar refractivity (Wildman–Crippen MR) is 354 cm³/mol. The average molecular weight is 1390 g/mol. The average Bonchev–Trinajstić information content (AvgIpc) is 1.73. The van der Waals surface area contributed by atoms with Gasteiger partial charge >= 0.3 is 11.9 Å². The Morgan fingerprint density at radius 2 is 0.876 bits per heavy atom. The highest BCUT2D eigenvalue weighted by Crippen LogP contribution is 2.22. The van der Waals surface area contributed by atoms with Gasteiger partial charge in [-0.25, -0.2) is 4.79 Å². The number of guanidine groups is 4. The molecule has 1 aromatic carbocycles. The van der Waals surface area contributed by atoms with Crippen LogP contribution in [0.1, 0.15) is 96.5 Å². The number of nitrogens with one attached hydrogen (secondary N) is 17. The van der Waals surface area contributed by atoms with Crippen LogP contribution in [-0.2, 0) is 64.0 Å². The number of thiol groups is 1. The van der Waals surface area contributed by atoms with Crippen molar-refractivity contribution in [2.75, 3.05) is 51.7 Å². The molecule has 1 saturated heterocycles. The van der Waals surface area contributed by atoms with Gasteiger partial charge < -0.3 is 123 Å². The highest BCUT2D eigenvalue weighted by Gasteiger charge is 2.41. The molecule has 1 fully saturated rings. The number of amides is 10. The summed E-state index contributed by atoms with van der Waals surface area (Å²) >= 11 is 4.22. The summed E-state index contributed by atoms with van der Waals surface area (Å²) in [6.45, 7) is 1.26. The lowest BCUT2D eigenvalue weighted by Gasteiger charge is -2.31. The van der Waals surface area contributed by atoms with Gasteiger partial charge in [0.15, 0.2) is 23.8 Å². The number of carboxylic acids is 2. The number of aliphatic hydroxyl groups is 2. The zero-order chi connectivity index (χ0) is 72.9. The quantitative estimate of drug-likeness (QED) is 0.0125. The molecule has 542 valence electrons. The molecule has 1 aliphatic heterocycles. The molecule has 11 atom stereocenters. The summed E-state index contributed by atoms with van der Waals surface area (Å²) in [7, 11) is 0. The van der Waals surface area contributed by atoms with Crippen LogP contribution in [0.4, 0.5) is 0 Å². The van der Waals surface area contributed by atoms with Gasteiger partial charge in [-0.15, -0.1) is 0 Å². The van der Waals surface area contributed by atoms with Crippen molar-refractivity contribution in [3.05, 3.63) is 35.9 Å². The van der Waals surface area contributed by atoms with Crippen molar-refractivity contribution in [3.8, 4) is 0 Å². The Kier molecular flexibility index (Phi) is 37.8. The minimum Gasteiger partial charge on any atom is -0.481 e. The molecule has 0 unspecified atom stereocenters. The van der Waals surface area contributed by atoms with Crippen LogP contribution in [0.15, 0.2) is 30.3 Å². The molecule has 0 aliphatic carbocycles. The van der Waals surface area contributed by atoms with Gasteiger partial charge in [-0.05, 0) is 88.5 Å². The van der Waals surface area contributed by atoms with E-state index in [-0.39, 0.29) is 127 Å². The molecular formula is C57H97N23O16S. The van der Waals surface area contributed by atoms with Gasteiger partial charge in [0.05, 0.1) is 25.7 Å². The molecule has 31 N–H and O–H groups in total. The monoisotopic (exact) mass is 1390 g/mol. The summed E-state index contributed by atoms with van der Waals surface area (Å²) in [4.78, 5) is 164. The number of likely N-dealkylation sites (tertiary alicyclic amines) is 1. The molecule has 0 aromatic heterocycles. The molecule has 10 amide bonds. The minimum absolute atomic E-state index is 0.000662. The van der Waals surface area contributed by atoms with Crippen LogP contribution in [0, 0.1) is 27.6 Å². The first-order valence-electron chi connectivity index (χ1n) is 31.2. The highest BCUT2D eigenvalue weighted by molar-refractivity contribution is 7.80. The van der Waals surface area contributed by atoms with Crippen molar-refractivity contribution >= 4 is 107 Å². The van der Waals surface area contributed by atoms with Gasteiger partial charge in [-0.2, -0.15) is 12.6 Å². The largest absolute Gasteiger partial charge is 0.481 e. The van der Waals surface area contributed by atoms with Gasteiger partial charge in [0.1, 0.15) is 60.4 Å². The molecule has 0 bridgehead atoms. The van der Waals surface area contributed by atoms with Crippen molar-refractivity contribution in [1.29, 1.82) is 21.6 Å². The van der Waals surface area contributed by atoms with Crippen molar-refractivity contribution in [2.24, 2.45) is 34.6 Å². The van der Waals surface area contributed by atoms with Crippen LogP contribution in [0.25, 0.3) is 0 Å². The topological polar surface area (TPSA) is 671 Å². The Bertz CT molecular complexity index is 2880. The van der Waals surface area contributed by atoms with E-state index in [0.717, 1.165) is 5.56 Å². The van der Waals surface area contributed by atoms with Crippen LogP contribution in [-0.4, -0.2) is 238 Å². The maximum absolute atomic E-state index is 14.3. The molecule has 1 aliphatic rings. The molecule has 0 radical (unpaired) electrons. The number of hydrogen-bond donors (Lipinski definition) is 27. The maximum Gasteiger partial charge on any atom is 0.326 e. The Morgan fingerprint density at radius 3 is 1.27 bits per heavy atom. The summed E-state index contributed by atoms with van der Waals surface area (Å²) in [6, 6.07) is -8.28. The van der Waals surface area contributed by atoms with Crippen molar-refractivity contribution in [1.82, 2.24) is 74.0 Å². The summed E-state index contributed by atoms with van der Waals surface area (Å²) in [5.74, 6) is -15.5. The number of carbonyl (C=O) groups excluding carboxylic acids is 10. The molecule has 0 saturated carbocycles. The van der Waals surface area contributed by atoms with Crippen LogP contribution in [0.3, 0.4) is 0 Å². The zero-order valence-corrected chi connectivity index (χ0v) is 55.0. The van der Waals surface area contributed by atoms with Gasteiger partial charge in [-0.3, -0.25) is 74.4 Å². The van der Waals surface area contributed by atoms with Crippen molar-refractivity contribution < 1.29 is 78.0 Å². The second-order valence-electron chi connectivity index (χ2n) is 23.1. The summed E-state index contributed by atoms with van der Waals surface area (Å²) in [5.41, 5.74) is 28.4. The number of carboxylic acid groups (broad SMARTS) is 2. The van der Waals surface area contributed by atoms with Gasteiger partial charge in [-0.1, -0.05) is 44.2 Å². The van der Waals surface area contributed by atoms with Crippen LogP contribution < -0.4 is 97.8 Å². The second kappa shape index (κ2) is 44.0. The first kappa shape index (κ1) is 83.3. The van der Waals surface area contributed by atoms with Crippen molar-refractivity contribution in [3.63, 3.8) is 0 Å². The molecular weight excluding hydrogens is 1290 g/mol. The molecule has 1 heterocycles. The lowest BCUT2D eigenvalue weighted by atomic mass is 10.0. The van der Waals surface area contributed by atoms with Gasteiger partial charge in [0.25, 0.3) is 0 Å². The molecule has 1 aromatic rings. The molecule has 39 nitrogen and oxygen atoms in total. The minimum atomic E-state index is -2.07. The third kappa shape index (κ3) is 32.0. The van der Waals surface area contributed by atoms with E-state index in [1.54, 1.807) is 44.2 Å². The fourth-order valence-electron chi connectivity index (χ4n) is 9.76. The Labute approximate surface area is 565 Å². The number of aliphatic carboxylic acids is 2. The Hall–Kier alpha value is -9.83. The number of hydrogen-bond acceptors (Lipinski definition) is 20.